The molecular formula is C24H30N2. The molecule has 0 heterocycles. The fourth-order valence-corrected chi connectivity index (χ4v) is 4.14. The van der Waals surface area contributed by atoms with Gasteiger partial charge in [0.15, 0.2) is 0 Å². The SMILES string of the molecule is Cc1cc(C)c(N=C2CCC(C)C2=Nc2c(C)cc(C)cc2C)c(C)c1. The molecule has 26 heavy (non-hydrogen) atoms. The van der Waals surface area contributed by atoms with Gasteiger partial charge in [-0.05, 0) is 76.6 Å². The van der Waals surface area contributed by atoms with Crippen molar-refractivity contribution in [1.29, 1.82) is 0 Å². The van der Waals surface area contributed by atoms with Gasteiger partial charge in [0.1, 0.15) is 0 Å². The first-order chi connectivity index (χ1) is 12.3. The molecule has 0 bridgehead atoms. The summed E-state index contributed by atoms with van der Waals surface area (Å²) >= 11 is 0. The van der Waals surface area contributed by atoms with Crippen LogP contribution in [0.3, 0.4) is 0 Å². The Morgan fingerprint density at radius 1 is 0.692 bits per heavy atom. The predicted octanol–water partition coefficient (Wildman–Crippen LogP) is 6.81. The van der Waals surface area contributed by atoms with Crippen LogP contribution < -0.4 is 0 Å². The summed E-state index contributed by atoms with van der Waals surface area (Å²) in [6.45, 7) is 15.2. The summed E-state index contributed by atoms with van der Waals surface area (Å²) in [6.07, 6.45) is 2.14. The minimum atomic E-state index is 0.458. The third-order valence-electron chi connectivity index (χ3n) is 5.33. The third-order valence-corrected chi connectivity index (χ3v) is 5.33. The average molecular weight is 347 g/mol. The maximum Gasteiger partial charge on any atom is 0.0692 e. The third kappa shape index (κ3) is 3.65. The minimum absolute atomic E-state index is 0.458. The second-order valence-corrected chi connectivity index (χ2v) is 7.99. The van der Waals surface area contributed by atoms with E-state index in [2.05, 4.69) is 72.7 Å². The molecule has 0 aliphatic heterocycles. The molecule has 136 valence electrons. The van der Waals surface area contributed by atoms with Crippen LogP contribution in [0.2, 0.25) is 0 Å². The molecule has 1 fully saturated rings. The Morgan fingerprint density at radius 2 is 1.12 bits per heavy atom. The van der Waals surface area contributed by atoms with Crippen LogP contribution in [0.15, 0.2) is 34.3 Å². The van der Waals surface area contributed by atoms with E-state index >= 15 is 0 Å². The zero-order valence-corrected chi connectivity index (χ0v) is 17.2. The lowest BCUT2D eigenvalue weighted by atomic mass is 10.0. The highest BCUT2D eigenvalue weighted by atomic mass is 14.8. The lowest BCUT2D eigenvalue weighted by Crippen LogP contribution is -2.12. The normalized spacial score (nSPS) is 20.3. The summed E-state index contributed by atoms with van der Waals surface area (Å²) in [5.41, 5.74) is 12.1. The zero-order valence-electron chi connectivity index (χ0n) is 17.2. The highest BCUT2D eigenvalue weighted by molar-refractivity contribution is 6.45. The monoisotopic (exact) mass is 346 g/mol. The summed E-state index contributed by atoms with van der Waals surface area (Å²) in [4.78, 5) is 10.2. The van der Waals surface area contributed by atoms with E-state index < -0.39 is 0 Å². The molecule has 0 saturated heterocycles. The molecule has 0 radical (unpaired) electrons. The van der Waals surface area contributed by atoms with Crippen LogP contribution >= 0.6 is 0 Å². The Labute approximate surface area is 158 Å². The van der Waals surface area contributed by atoms with Gasteiger partial charge >= 0.3 is 0 Å². The number of nitrogens with zero attached hydrogens (tertiary/aromatic N) is 2. The molecule has 2 nitrogen and oxygen atoms in total. The number of rotatable bonds is 2. The maximum atomic E-state index is 5.12. The number of aliphatic imine (C=N–C) groups is 2. The smallest absolute Gasteiger partial charge is 0.0692 e. The lowest BCUT2D eigenvalue weighted by Gasteiger charge is -2.12. The van der Waals surface area contributed by atoms with Crippen LogP contribution in [0.5, 0.6) is 0 Å². The van der Waals surface area contributed by atoms with E-state index in [1.54, 1.807) is 0 Å². The molecule has 0 N–H and O–H groups in total. The van der Waals surface area contributed by atoms with Crippen molar-refractivity contribution in [3.63, 3.8) is 0 Å². The van der Waals surface area contributed by atoms with Crippen molar-refractivity contribution < 1.29 is 0 Å². The summed E-state index contributed by atoms with van der Waals surface area (Å²) in [5.74, 6) is 0.458. The molecule has 0 aromatic heterocycles. The second kappa shape index (κ2) is 7.19. The quantitative estimate of drug-likeness (QED) is 0.570. The summed E-state index contributed by atoms with van der Waals surface area (Å²) in [5, 5.41) is 0. The first kappa shape index (κ1) is 18.6. The molecule has 1 atom stereocenters. The van der Waals surface area contributed by atoms with E-state index in [-0.39, 0.29) is 0 Å². The molecule has 2 aromatic carbocycles. The van der Waals surface area contributed by atoms with Gasteiger partial charge in [0, 0.05) is 5.92 Å². The minimum Gasteiger partial charge on any atom is -0.251 e. The highest BCUT2D eigenvalue weighted by Gasteiger charge is 2.26. The van der Waals surface area contributed by atoms with Gasteiger partial charge in [0.25, 0.3) is 0 Å². The van der Waals surface area contributed by atoms with Crippen molar-refractivity contribution >= 4 is 22.8 Å². The lowest BCUT2D eigenvalue weighted by molar-refractivity contribution is 0.747. The van der Waals surface area contributed by atoms with Crippen LogP contribution in [0.25, 0.3) is 0 Å². The van der Waals surface area contributed by atoms with Crippen molar-refractivity contribution in [2.75, 3.05) is 0 Å². The van der Waals surface area contributed by atoms with E-state index in [4.69, 9.17) is 9.98 Å². The van der Waals surface area contributed by atoms with Gasteiger partial charge in [-0.25, -0.2) is 0 Å². The van der Waals surface area contributed by atoms with Crippen LogP contribution in [0, 0.1) is 47.5 Å². The predicted molar refractivity (Wildman–Crippen MR) is 114 cm³/mol. The van der Waals surface area contributed by atoms with Gasteiger partial charge < -0.3 is 0 Å². The first-order valence-corrected chi connectivity index (χ1v) is 9.58. The number of hydrogen-bond acceptors (Lipinski definition) is 2. The Bertz CT molecular complexity index is 870. The molecule has 1 unspecified atom stereocenters. The van der Waals surface area contributed by atoms with Crippen LogP contribution in [0.4, 0.5) is 11.4 Å². The van der Waals surface area contributed by atoms with Gasteiger partial charge in [-0.15, -0.1) is 0 Å². The largest absolute Gasteiger partial charge is 0.251 e. The molecule has 3 rings (SSSR count). The number of hydrogen-bond donors (Lipinski definition) is 0. The van der Waals surface area contributed by atoms with Gasteiger partial charge in [0.2, 0.25) is 0 Å². The molecule has 0 spiro atoms. The first-order valence-electron chi connectivity index (χ1n) is 9.58. The van der Waals surface area contributed by atoms with Crippen molar-refractivity contribution in [3.05, 3.63) is 57.6 Å². The summed E-state index contributed by atoms with van der Waals surface area (Å²) in [7, 11) is 0. The van der Waals surface area contributed by atoms with Gasteiger partial charge in [-0.1, -0.05) is 42.3 Å². The van der Waals surface area contributed by atoms with E-state index in [0.29, 0.717) is 5.92 Å². The number of benzene rings is 2. The van der Waals surface area contributed by atoms with Crippen molar-refractivity contribution in [2.24, 2.45) is 15.9 Å². The number of aryl methyl sites for hydroxylation is 6. The summed E-state index contributed by atoms with van der Waals surface area (Å²) < 4.78 is 0. The van der Waals surface area contributed by atoms with Crippen LogP contribution in [-0.4, -0.2) is 11.4 Å². The molecule has 2 heteroatoms. The fraction of sp³-hybridized carbons (Fsp3) is 0.417. The van der Waals surface area contributed by atoms with E-state index in [1.807, 2.05) is 0 Å². The van der Waals surface area contributed by atoms with E-state index in [9.17, 15) is 0 Å². The Balaban J connectivity index is 2.10. The van der Waals surface area contributed by atoms with Gasteiger partial charge in [-0.2, -0.15) is 0 Å². The standard InChI is InChI=1S/C24H30N2/c1-14-10-17(4)22(18(5)11-14)25-21-9-8-16(3)24(21)26-23-19(6)12-15(2)13-20(23)7/h10-13,16H,8-9H2,1-7H3. The van der Waals surface area contributed by atoms with Crippen LogP contribution in [-0.2, 0) is 0 Å². The highest BCUT2D eigenvalue weighted by Crippen LogP contribution is 2.32. The maximum absolute atomic E-state index is 5.12. The zero-order chi connectivity index (χ0) is 19.0. The Morgan fingerprint density at radius 3 is 1.58 bits per heavy atom. The van der Waals surface area contributed by atoms with Crippen molar-refractivity contribution in [2.45, 2.75) is 61.3 Å². The average Bonchev–Trinajstić information content (AvgIpc) is 2.86. The fourth-order valence-electron chi connectivity index (χ4n) is 4.14. The molecule has 1 aliphatic rings. The molecule has 1 aliphatic carbocycles. The van der Waals surface area contributed by atoms with Crippen molar-refractivity contribution in [3.8, 4) is 0 Å². The van der Waals surface area contributed by atoms with E-state index in [1.165, 1.54) is 39.1 Å². The van der Waals surface area contributed by atoms with Gasteiger partial charge in [0.05, 0.1) is 22.8 Å². The van der Waals surface area contributed by atoms with Gasteiger partial charge in [-0.3, -0.25) is 9.98 Å². The molecule has 2 aromatic rings. The van der Waals surface area contributed by atoms with Crippen molar-refractivity contribution in [1.82, 2.24) is 0 Å². The topological polar surface area (TPSA) is 24.7 Å². The molecular weight excluding hydrogens is 316 g/mol. The Kier molecular flexibility index (Phi) is 5.13. The second-order valence-electron chi connectivity index (χ2n) is 7.99. The molecule has 1 saturated carbocycles. The summed E-state index contributed by atoms with van der Waals surface area (Å²) in [6, 6.07) is 8.87. The molecule has 0 amide bonds. The Hall–Kier alpha value is -2.22. The van der Waals surface area contributed by atoms with E-state index in [0.717, 1.165) is 29.9 Å². The van der Waals surface area contributed by atoms with Crippen LogP contribution in [0.1, 0.15) is 53.1 Å².